The summed E-state index contributed by atoms with van der Waals surface area (Å²) in [5.41, 5.74) is 1.86. The van der Waals surface area contributed by atoms with Gasteiger partial charge in [-0.25, -0.2) is 0 Å². The van der Waals surface area contributed by atoms with Crippen LogP contribution in [-0.4, -0.2) is 17.7 Å². The highest BCUT2D eigenvalue weighted by Gasteiger charge is 2.36. The van der Waals surface area contributed by atoms with Crippen molar-refractivity contribution in [3.63, 3.8) is 0 Å². The topological polar surface area (TPSA) is 43.4 Å². The minimum absolute atomic E-state index is 0.170. The molecule has 24 heavy (non-hydrogen) atoms. The lowest BCUT2D eigenvalue weighted by atomic mass is 9.84. The molecule has 1 atom stereocenters. The van der Waals surface area contributed by atoms with Crippen LogP contribution in [-0.2, 0) is 9.53 Å². The molecule has 0 saturated heterocycles. The van der Waals surface area contributed by atoms with Gasteiger partial charge in [-0.3, -0.25) is 9.59 Å². The Balaban J connectivity index is 1.64. The number of allylic oxidation sites excluding steroid dienone is 1. The van der Waals surface area contributed by atoms with Crippen LogP contribution < -0.4 is 0 Å². The molecule has 2 aliphatic rings. The van der Waals surface area contributed by atoms with E-state index in [-0.39, 0.29) is 17.7 Å². The van der Waals surface area contributed by atoms with E-state index < -0.39 is 0 Å². The molecule has 0 N–H and O–H groups in total. The van der Waals surface area contributed by atoms with Crippen LogP contribution in [0, 0.1) is 0 Å². The predicted octanol–water partition coefficient (Wildman–Crippen LogP) is 5.09. The van der Waals surface area contributed by atoms with E-state index in [9.17, 15) is 9.59 Å². The molecule has 0 aromatic heterocycles. The monoisotopic (exact) mass is 326 g/mol. The van der Waals surface area contributed by atoms with Crippen molar-refractivity contribution < 1.29 is 14.3 Å². The van der Waals surface area contributed by atoms with Gasteiger partial charge in [0.15, 0.2) is 0 Å². The van der Waals surface area contributed by atoms with Gasteiger partial charge in [0.25, 0.3) is 0 Å². The molecule has 128 valence electrons. The van der Waals surface area contributed by atoms with Crippen molar-refractivity contribution in [2.45, 2.75) is 70.8 Å². The summed E-state index contributed by atoms with van der Waals surface area (Å²) in [5.74, 6) is -0.0959. The summed E-state index contributed by atoms with van der Waals surface area (Å²) >= 11 is 0. The molecule has 0 bridgehead atoms. The predicted molar refractivity (Wildman–Crippen MR) is 94.8 cm³/mol. The Morgan fingerprint density at radius 2 is 1.67 bits per heavy atom. The highest BCUT2D eigenvalue weighted by atomic mass is 16.5. The van der Waals surface area contributed by atoms with E-state index in [4.69, 9.17) is 4.74 Å². The van der Waals surface area contributed by atoms with Gasteiger partial charge in [-0.05, 0) is 25.7 Å². The molecule has 0 radical (unpaired) electrons. The molecule has 0 amide bonds. The third-order valence-corrected chi connectivity index (χ3v) is 5.05. The van der Waals surface area contributed by atoms with Crippen molar-refractivity contribution in [3.8, 4) is 0 Å². The molecule has 0 spiro atoms. The second-order valence-electron chi connectivity index (χ2n) is 6.85. The highest BCUT2D eigenvalue weighted by Crippen LogP contribution is 2.38. The Morgan fingerprint density at radius 3 is 2.46 bits per heavy atom. The zero-order valence-corrected chi connectivity index (χ0v) is 14.5. The van der Waals surface area contributed by atoms with Gasteiger partial charge in [-0.15, -0.1) is 0 Å². The van der Waals surface area contributed by atoms with Crippen molar-refractivity contribution in [3.05, 3.63) is 41.0 Å². The maximum atomic E-state index is 12.3. The van der Waals surface area contributed by atoms with E-state index >= 15 is 0 Å². The molecule has 1 aromatic carbocycles. The van der Waals surface area contributed by atoms with Gasteiger partial charge in [-0.2, -0.15) is 0 Å². The van der Waals surface area contributed by atoms with Crippen LogP contribution in [0.4, 0.5) is 0 Å². The number of hydrogen-bond donors (Lipinski definition) is 0. The first-order chi connectivity index (χ1) is 11.7. The third-order valence-electron chi connectivity index (χ3n) is 5.05. The summed E-state index contributed by atoms with van der Waals surface area (Å²) in [6.45, 7) is 2.23. The number of Topliss-reactive ketones (excluding diaryl/α,β-unsaturated/α-hetero) is 2. The van der Waals surface area contributed by atoms with Gasteiger partial charge in [0.05, 0.1) is 6.10 Å². The van der Waals surface area contributed by atoms with Gasteiger partial charge in [-0.1, -0.05) is 63.3 Å². The van der Waals surface area contributed by atoms with Crippen molar-refractivity contribution >= 4 is 17.3 Å². The van der Waals surface area contributed by atoms with Crippen LogP contribution in [0.1, 0.15) is 80.6 Å². The van der Waals surface area contributed by atoms with E-state index in [1.165, 1.54) is 38.5 Å². The highest BCUT2D eigenvalue weighted by molar-refractivity contribution is 6.52. The van der Waals surface area contributed by atoms with Crippen LogP contribution in [0.25, 0.3) is 5.76 Å². The van der Waals surface area contributed by atoms with E-state index in [2.05, 4.69) is 6.92 Å². The molecule has 1 aliphatic heterocycles. The van der Waals surface area contributed by atoms with Crippen molar-refractivity contribution in [1.29, 1.82) is 0 Å². The lowest BCUT2D eigenvalue weighted by Crippen LogP contribution is -2.30. The summed E-state index contributed by atoms with van der Waals surface area (Å²) < 4.78 is 6.17. The molecule has 0 saturated carbocycles. The molecule has 1 unspecified atom stereocenters. The van der Waals surface area contributed by atoms with Crippen LogP contribution in [0.3, 0.4) is 0 Å². The van der Waals surface area contributed by atoms with E-state index in [0.29, 0.717) is 23.3 Å². The normalized spacial score (nSPS) is 19.8. The third kappa shape index (κ3) is 3.45. The zero-order chi connectivity index (χ0) is 16.9. The Hall–Kier alpha value is -1.90. The molecule has 1 aromatic rings. The molecular formula is C21H26O3. The number of carbonyl (C=O) groups excluding carboxylic acids is 2. The summed E-state index contributed by atoms with van der Waals surface area (Å²) in [7, 11) is 0. The van der Waals surface area contributed by atoms with Gasteiger partial charge >= 0.3 is 0 Å². The van der Waals surface area contributed by atoms with Crippen molar-refractivity contribution in [2.24, 2.45) is 0 Å². The van der Waals surface area contributed by atoms with Gasteiger partial charge in [0.1, 0.15) is 5.76 Å². The number of ketones is 2. The number of ether oxygens (including phenoxy) is 1. The minimum Gasteiger partial charge on any atom is -0.489 e. The largest absolute Gasteiger partial charge is 0.489 e. The average molecular weight is 326 g/mol. The van der Waals surface area contributed by atoms with Crippen LogP contribution in [0.5, 0.6) is 0 Å². The van der Waals surface area contributed by atoms with Gasteiger partial charge in [0, 0.05) is 16.7 Å². The smallest absolute Gasteiger partial charge is 0.234 e. The minimum atomic E-state index is -0.387. The number of rotatable bonds is 7. The van der Waals surface area contributed by atoms with Crippen LogP contribution in [0.2, 0.25) is 0 Å². The zero-order valence-electron chi connectivity index (χ0n) is 14.5. The molecule has 1 heterocycles. The van der Waals surface area contributed by atoms with Crippen molar-refractivity contribution in [1.82, 2.24) is 0 Å². The number of fused-ring (bicyclic) bond motifs is 2. The van der Waals surface area contributed by atoms with E-state index in [1.807, 2.05) is 12.1 Å². The number of unbranched alkanes of at least 4 members (excludes halogenated alkanes) is 5. The SMILES string of the molecule is CCCCCCCCC1CCC2=C(O1)c1ccccc1C(=O)C2=O. The van der Waals surface area contributed by atoms with Crippen LogP contribution in [0.15, 0.2) is 29.8 Å². The maximum Gasteiger partial charge on any atom is 0.234 e. The standard InChI is InChI=1S/C21H26O3/c1-2-3-4-5-6-7-10-15-13-14-18-20(23)19(22)16-11-8-9-12-17(16)21(18)24-15/h8-9,11-12,15H,2-7,10,13-14H2,1H3. The lowest BCUT2D eigenvalue weighted by molar-refractivity contribution is -0.112. The second-order valence-corrected chi connectivity index (χ2v) is 6.85. The molecule has 0 fully saturated rings. The van der Waals surface area contributed by atoms with Gasteiger partial charge < -0.3 is 4.74 Å². The molecule has 3 nitrogen and oxygen atoms in total. The van der Waals surface area contributed by atoms with E-state index in [0.717, 1.165) is 18.4 Å². The first-order valence-electron chi connectivity index (χ1n) is 9.30. The fourth-order valence-corrected chi connectivity index (χ4v) is 3.65. The lowest BCUT2D eigenvalue weighted by Gasteiger charge is -2.31. The number of carbonyl (C=O) groups is 2. The van der Waals surface area contributed by atoms with E-state index in [1.54, 1.807) is 12.1 Å². The summed E-state index contributed by atoms with van der Waals surface area (Å²) in [6.07, 6.45) is 10.3. The second kappa shape index (κ2) is 7.78. The Bertz CT molecular complexity index is 657. The van der Waals surface area contributed by atoms with Crippen molar-refractivity contribution in [2.75, 3.05) is 0 Å². The first-order valence-corrected chi connectivity index (χ1v) is 9.30. The summed E-state index contributed by atoms with van der Waals surface area (Å²) in [6, 6.07) is 7.31. The average Bonchev–Trinajstić information content (AvgIpc) is 2.62. The first kappa shape index (κ1) is 16.9. The number of benzene rings is 1. The summed E-state index contributed by atoms with van der Waals surface area (Å²) in [4.78, 5) is 24.5. The molecular weight excluding hydrogens is 300 g/mol. The molecule has 3 heteroatoms. The fraction of sp³-hybridized carbons (Fsp3) is 0.524. The van der Waals surface area contributed by atoms with Gasteiger partial charge in [0.2, 0.25) is 11.6 Å². The van der Waals surface area contributed by atoms with Crippen LogP contribution >= 0.6 is 0 Å². The Kier molecular flexibility index (Phi) is 5.49. The maximum absolute atomic E-state index is 12.3. The number of hydrogen-bond acceptors (Lipinski definition) is 3. The quantitative estimate of drug-likeness (QED) is 0.517. The fourth-order valence-electron chi connectivity index (χ4n) is 3.65. The Labute approximate surface area is 144 Å². The Morgan fingerprint density at radius 1 is 0.958 bits per heavy atom. The molecule has 1 aliphatic carbocycles. The summed E-state index contributed by atoms with van der Waals surface area (Å²) in [5, 5.41) is 0. The molecule has 3 rings (SSSR count).